The fraction of sp³-hybridized carbons (Fsp3) is 0.333. The van der Waals surface area contributed by atoms with Crippen molar-refractivity contribution in [3.8, 4) is 5.75 Å². The quantitative estimate of drug-likeness (QED) is 0.607. The molecule has 0 fully saturated rings. The molecular weight excluding hydrogens is 410 g/mol. The summed E-state index contributed by atoms with van der Waals surface area (Å²) < 4.78 is 5.24. The van der Waals surface area contributed by atoms with Crippen LogP contribution in [0.2, 0.25) is 0 Å². The molecule has 0 aliphatic carbocycles. The van der Waals surface area contributed by atoms with Crippen molar-refractivity contribution in [3.05, 3.63) is 65.2 Å². The molecule has 0 aromatic heterocycles. The Morgan fingerprint density at radius 3 is 2.31 bits per heavy atom. The van der Waals surface area contributed by atoms with Crippen molar-refractivity contribution < 1.29 is 23.9 Å². The highest BCUT2D eigenvalue weighted by Gasteiger charge is 2.35. The molecule has 1 heterocycles. The number of likely N-dealkylation sites (N-methyl/N-ethyl adjacent to an activating group) is 1. The maximum atomic E-state index is 13.0. The minimum absolute atomic E-state index is 0.0959. The van der Waals surface area contributed by atoms with E-state index in [9.17, 15) is 19.2 Å². The van der Waals surface area contributed by atoms with Gasteiger partial charge in [-0.3, -0.25) is 24.1 Å². The van der Waals surface area contributed by atoms with Gasteiger partial charge in [0.2, 0.25) is 11.8 Å². The molecule has 1 N–H and O–H groups in total. The highest BCUT2D eigenvalue weighted by molar-refractivity contribution is 6.21. The molecule has 0 radical (unpaired) electrons. The zero-order chi connectivity index (χ0) is 23.3. The fourth-order valence-corrected chi connectivity index (χ4v) is 3.73. The summed E-state index contributed by atoms with van der Waals surface area (Å²) in [4.78, 5) is 53.0. The highest BCUT2D eigenvalue weighted by atomic mass is 16.5. The van der Waals surface area contributed by atoms with Crippen molar-refractivity contribution in [2.45, 2.75) is 32.4 Å². The minimum atomic E-state index is -0.682. The van der Waals surface area contributed by atoms with E-state index in [0.717, 1.165) is 5.56 Å². The molecule has 168 valence electrons. The first-order valence-electron chi connectivity index (χ1n) is 10.5. The van der Waals surface area contributed by atoms with Crippen LogP contribution in [0.5, 0.6) is 5.75 Å². The third-order valence-corrected chi connectivity index (χ3v) is 5.55. The molecule has 1 atom stereocenters. The second-order valence-electron chi connectivity index (χ2n) is 7.57. The van der Waals surface area contributed by atoms with Crippen LogP contribution in [0.4, 0.5) is 0 Å². The predicted octanol–water partition coefficient (Wildman–Crippen LogP) is 2.23. The molecule has 3 rings (SSSR count). The van der Waals surface area contributed by atoms with Crippen LogP contribution < -0.4 is 10.1 Å². The number of benzene rings is 2. The molecule has 0 saturated carbocycles. The molecule has 1 unspecified atom stereocenters. The van der Waals surface area contributed by atoms with E-state index in [2.05, 4.69) is 5.32 Å². The average Bonchev–Trinajstić information content (AvgIpc) is 3.06. The van der Waals surface area contributed by atoms with Crippen molar-refractivity contribution in [1.82, 2.24) is 15.1 Å². The molecule has 8 heteroatoms. The molecule has 32 heavy (non-hydrogen) atoms. The Labute approximate surface area is 187 Å². The fourth-order valence-electron chi connectivity index (χ4n) is 3.73. The van der Waals surface area contributed by atoms with Gasteiger partial charge in [0.25, 0.3) is 11.8 Å². The summed E-state index contributed by atoms with van der Waals surface area (Å²) in [7, 11) is 3.09. The molecular formula is C24H27N3O5. The van der Waals surface area contributed by atoms with E-state index < -0.39 is 6.04 Å². The SMILES string of the molecule is CNC(=O)C(C)N(Cc1cccc(OC)c1)C(=O)CCCN1C(=O)c2ccccc2C1=O. The number of nitrogens with one attached hydrogen (secondary N) is 1. The van der Waals surface area contributed by atoms with Crippen LogP contribution in [0.15, 0.2) is 48.5 Å². The van der Waals surface area contributed by atoms with E-state index in [1.54, 1.807) is 44.4 Å². The van der Waals surface area contributed by atoms with Gasteiger partial charge in [-0.25, -0.2) is 0 Å². The van der Waals surface area contributed by atoms with Crippen molar-refractivity contribution in [2.75, 3.05) is 20.7 Å². The average molecular weight is 437 g/mol. The van der Waals surface area contributed by atoms with Gasteiger partial charge in [-0.1, -0.05) is 24.3 Å². The van der Waals surface area contributed by atoms with Crippen LogP contribution >= 0.6 is 0 Å². The number of fused-ring (bicyclic) bond motifs is 1. The van der Waals surface area contributed by atoms with E-state index in [-0.39, 0.29) is 43.1 Å². The second kappa shape index (κ2) is 10.1. The van der Waals surface area contributed by atoms with E-state index >= 15 is 0 Å². The molecule has 0 bridgehead atoms. The zero-order valence-corrected chi connectivity index (χ0v) is 18.5. The number of ether oxygens (including phenoxy) is 1. The van der Waals surface area contributed by atoms with Crippen LogP contribution in [0.25, 0.3) is 0 Å². The Balaban J connectivity index is 1.66. The van der Waals surface area contributed by atoms with Crippen LogP contribution in [0.1, 0.15) is 46.0 Å². The number of carbonyl (C=O) groups excluding carboxylic acids is 4. The lowest BCUT2D eigenvalue weighted by molar-refractivity contribution is -0.140. The second-order valence-corrected chi connectivity index (χ2v) is 7.57. The van der Waals surface area contributed by atoms with Gasteiger partial charge < -0.3 is 15.0 Å². The number of nitrogens with zero attached hydrogens (tertiary/aromatic N) is 2. The summed E-state index contributed by atoms with van der Waals surface area (Å²) in [6.45, 7) is 2.04. The lowest BCUT2D eigenvalue weighted by Gasteiger charge is -2.28. The first kappa shape index (κ1) is 23.0. The van der Waals surface area contributed by atoms with Gasteiger partial charge in [-0.2, -0.15) is 0 Å². The van der Waals surface area contributed by atoms with E-state index in [0.29, 0.717) is 23.3 Å². The third kappa shape index (κ3) is 4.80. The molecule has 1 aliphatic rings. The molecule has 2 aromatic carbocycles. The van der Waals surface area contributed by atoms with E-state index in [1.165, 1.54) is 16.8 Å². The molecule has 1 aliphatic heterocycles. The lowest BCUT2D eigenvalue weighted by atomic mass is 10.1. The van der Waals surface area contributed by atoms with Crippen LogP contribution in [-0.2, 0) is 16.1 Å². The third-order valence-electron chi connectivity index (χ3n) is 5.55. The summed E-state index contributed by atoms with van der Waals surface area (Å²) >= 11 is 0. The minimum Gasteiger partial charge on any atom is -0.497 e. The maximum absolute atomic E-state index is 13.0. The Hall–Kier alpha value is -3.68. The molecule has 8 nitrogen and oxygen atoms in total. The van der Waals surface area contributed by atoms with Gasteiger partial charge in [0.1, 0.15) is 11.8 Å². The summed E-state index contributed by atoms with van der Waals surface area (Å²) in [5.74, 6) is -0.537. The number of imide groups is 1. The Kier molecular flexibility index (Phi) is 7.25. The number of amides is 4. The van der Waals surface area contributed by atoms with Crippen LogP contribution in [-0.4, -0.2) is 60.2 Å². The van der Waals surface area contributed by atoms with E-state index in [1.807, 2.05) is 18.2 Å². The van der Waals surface area contributed by atoms with Crippen LogP contribution in [0, 0.1) is 0 Å². The largest absolute Gasteiger partial charge is 0.497 e. The highest BCUT2D eigenvalue weighted by Crippen LogP contribution is 2.23. The Morgan fingerprint density at radius 2 is 1.72 bits per heavy atom. The topological polar surface area (TPSA) is 96.0 Å². The maximum Gasteiger partial charge on any atom is 0.261 e. The predicted molar refractivity (Wildman–Crippen MR) is 118 cm³/mol. The Bertz CT molecular complexity index is 1000. The van der Waals surface area contributed by atoms with Crippen LogP contribution in [0.3, 0.4) is 0 Å². The number of carbonyl (C=O) groups is 4. The van der Waals surface area contributed by atoms with Gasteiger partial charge in [-0.05, 0) is 43.2 Å². The smallest absolute Gasteiger partial charge is 0.261 e. The monoisotopic (exact) mass is 437 g/mol. The number of rotatable bonds is 9. The van der Waals surface area contributed by atoms with Gasteiger partial charge >= 0.3 is 0 Å². The van der Waals surface area contributed by atoms with Crippen molar-refractivity contribution in [3.63, 3.8) is 0 Å². The molecule has 4 amide bonds. The summed E-state index contributed by atoms with van der Waals surface area (Å²) in [6.07, 6.45) is 0.401. The van der Waals surface area contributed by atoms with Crippen molar-refractivity contribution in [1.29, 1.82) is 0 Å². The lowest BCUT2D eigenvalue weighted by Crippen LogP contribution is -2.46. The number of hydrogen-bond acceptors (Lipinski definition) is 5. The summed E-state index contributed by atoms with van der Waals surface area (Å²) in [6, 6.07) is 13.3. The summed E-state index contributed by atoms with van der Waals surface area (Å²) in [5, 5.41) is 2.58. The number of methoxy groups -OCH3 is 1. The van der Waals surface area contributed by atoms with Crippen molar-refractivity contribution >= 4 is 23.6 Å². The Morgan fingerprint density at radius 1 is 1.06 bits per heavy atom. The standard InChI is InChI=1S/C24H27N3O5/c1-16(22(29)25-2)27(15-17-8-6-9-18(14-17)32-3)21(28)12-7-13-26-23(30)19-10-4-5-11-20(19)24(26)31/h4-6,8-11,14,16H,7,12-13,15H2,1-3H3,(H,25,29). The molecule has 0 saturated heterocycles. The number of hydrogen-bond donors (Lipinski definition) is 1. The van der Waals surface area contributed by atoms with Gasteiger partial charge in [0, 0.05) is 26.6 Å². The molecule has 0 spiro atoms. The normalized spacial score (nSPS) is 13.5. The van der Waals surface area contributed by atoms with E-state index in [4.69, 9.17) is 4.74 Å². The first-order valence-corrected chi connectivity index (χ1v) is 10.5. The first-order chi connectivity index (χ1) is 15.4. The van der Waals surface area contributed by atoms with Crippen molar-refractivity contribution in [2.24, 2.45) is 0 Å². The summed E-state index contributed by atoms with van der Waals surface area (Å²) in [5.41, 5.74) is 1.60. The zero-order valence-electron chi connectivity index (χ0n) is 18.5. The van der Waals surface area contributed by atoms with Gasteiger partial charge in [0.05, 0.1) is 18.2 Å². The molecule has 2 aromatic rings. The van der Waals surface area contributed by atoms with Gasteiger partial charge in [0.15, 0.2) is 0 Å². The van der Waals surface area contributed by atoms with Gasteiger partial charge in [-0.15, -0.1) is 0 Å².